The monoisotopic (exact) mass is 583 g/mol. The Balaban J connectivity index is 1.13. The van der Waals surface area contributed by atoms with Crippen LogP contribution in [-0.4, -0.2) is 73.2 Å². The van der Waals surface area contributed by atoms with Gasteiger partial charge in [0.05, 0.1) is 16.4 Å². The predicted molar refractivity (Wildman–Crippen MR) is 171 cm³/mol. The van der Waals surface area contributed by atoms with E-state index >= 15 is 0 Å². The van der Waals surface area contributed by atoms with Crippen molar-refractivity contribution in [3.05, 3.63) is 59.5 Å². The molecule has 0 amide bonds. The van der Waals surface area contributed by atoms with E-state index in [2.05, 4.69) is 66.7 Å². The van der Waals surface area contributed by atoms with Crippen LogP contribution in [0.5, 0.6) is 0 Å². The Hall–Kier alpha value is -3.66. The summed E-state index contributed by atoms with van der Waals surface area (Å²) in [5.41, 5.74) is 13.4. The van der Waals surface area contributed by atoms with E-state index in [4.69, 9.17) is 27.3 Å². The third-order valence-electron chi connectivity index (χ3n) is 9.44. The third-order valence-corrected chi connectivity index (χ3v) is 9.85. The number of nitrogen functional groups attached to an aromatic ring is 1. The summed E-state index contributed by atoms with van der Waals surface area (Å²) >= 11 is 6.34. The molecular formula is C32H38ClN9. The predicted octanol–water partition coefficient (Wildman–Crippen LogP) is 6.00. The number of anilines is 3. The van der Waals surface area contributed by atoms with Gasteiger partial charge < -0.3 is 25.1 Å². The second-order valence-electron chi connectivity index (χ2n) is 11.9. The summed E-state index contributed by atoms with van der Waals surface area (Å²) in [6.45, 7) is 6.70. The highest BCUT2D eigenvalue weighted by molar-refractivity contribution is 6.32. The number of hydrogen-bond donors (Lipinski definition) is 2. The zero-order valence-corrected chi connectivity index (χ0v) is 25.3. The van der Waals surface area contributed by atoms with E-state index in [1.165, 1.54) is 39.0 Å². The lowest BCUT2D eigenvalue weighted by Crippen LogP contribution is -2.49. The molecule has 1 aliphatic heterocycles. The molecule has 2 aromatic carbocycles. The Morgan fingerprint density at radius 3 is 2.36 bits per heavy atom. The quantitative estimate of drug-likeness (QED) is 0.262. The molecule has 2 aliphatic rings. The molecule has 0 unspecified atom stereocenters. The van der Waals surface area contributed by atoms with Crippen molar-refractivity contribution in [2.45, 2.75) is 44.7 Å². The van der Waals surface area contributed by atoms with Gasteiger partial charge in [-0.2, -0.15) is 0 Å². The number of piperazine rings is 1. The van der Waals surface area contributed by atoms with Crippen LogP contribution < -0.4 is 11.1 Å². The van der Waals surface area contributed by atoms with Crippen molar-refractivity contribution in [2.24, 2.45) is 7.05 Å². The number of fused-ring (bicyclic) bond motifs is 2. The van der Waals surface area contributed by atoms with E-state index in [1.54, 1.807) is 6.33 Å². The van der Waals surface area contributed by atoms with Crippen LogP contribution in [0.1, 0.15) is 37.3 Å². The van der Waals surface area contributed by atoms with E-state index < -0.39 is 0 Å². The van der Waals surface area contributed by atoms with Gasteiger partial charge in [-0.1, -0.05) is 23.7 Å². The second kappa shape index (κ2) is 10.9. The van der Waals surface area contributed by atoms with Crippen LogP contribution in [0, 0.1) is 6.92 Å². The van der Waals surface area contributed by atoms with Crippen LogP contribution in [0.15, 0.2) is 48.9 Å². The number of nitrogens with zero attached hydrogens (tertiary/aromatic N) is 7. The van der Waals surface area contributed by atoms with E-state index in [0.717, 1.165) is 68.3 Å². The molecule has 5 aromatic rings. The fourth-order valence-corrected chi connectivity index (χ4v) is 6.99. The van der Waals surface area contributed by atoms with Gasteiger partial charge in [0.2, 0.25) is 5.95 Å². The van der Waals surface area contributed by atoms with Crippen molar-refractivity contribution in [1.82, 2.24) is 33.9 Å². The molecule has 1 aliphatic carbocycles. The van der Waals surface area contributed by atoms with Crippen molar-refractivity contribution in [2.75, 3.05) is 44.3 Å². The second-order valence-corrected chi connectivity index (χ2v) is 12.4. The first-order valence-corrected chi connectivity index (χ1v) is 15.3. The number of likely N-dealkylation sites (N-methyl/N-ethyl adjacent to an activating group) is 1. The smallest absolute Gasteiger partial charge is 0.208 e. The topological polar surface area (TPSA) is 93.1 Å². The number of hydrogen-bond acceptors (Lipinski definition) is 7. The van der Waals surface area contributed by atoms with E-state index in [1.807, 2.05) is 26.1 Å². The first-order chi connectivity index (χ1) is 20.4. The molecule has 0 bridgehead atoms. The van der Waals surface area contributed by atoms with Crippen LogP contribution in [0.25, 0.3) is 33.2 Å². The van der Waals surface area contributed by atoms with Crippen molar-refractivity contribution < 1.29 is 0 Å². The van der Waals surface area contributed by atoms with Crippen LogP contribution in [-0.2, 0) is 7.05 Å². The summed E-state index contributed by atoms with van der Waals surface area (Å²) in [5, 5.41) is 5.13. The standard InChI is InChI=1S/C32H38ClN9/c1-20-26(33)12-13-27-29(20)38-32(40(27)3)37-22-6-4-21(5-7-22)25-18-42(31-28(25)30(34)35-19-36-31)24-10-8-23(9-11-24)41-16-14-39(2)15-17-41/h4-7,12-13,18-19,23-24H,8-11,14-17H2,1-3H3,(H,37,38)(H2,34,35,36)/t23-,24-. The fraction of sp³-hybridized carbons (Fsp3) is 0.406. The normalized spacial score (nSPS) is 20.5. The summed E-state index contributed by atoms with van der Waals surface area (Å²) in [7, 11) is 4.23. The van der Waals surface area contributed by atoms with Gasteiger partial charge in [-0.25, -0.2) is 15.0 Å². The van der Waals surface area contributed by atoms with Crippen molar-refractivity contribution >= 4 is 51.1 Å². The molecule has 10 heteroatoms. The Morgan fingerprint density at radius 2 is 1.62 bits per heavy atom. The van der Waals surface area contributed by atoms with Gasteiger partial charge in [0, 0.05) is 67.8 Å². The largest absolute Gasteiger partial charge is 0.383 e. The molecule has 3 N–H and O–H groups in total. The third kappa shape index (κ3) is 4.79. The van der Waals surface area contributed by atoms with Crippen LogP contribution >= 0.6 is 11.6 Å². The average Bonchev–Trinajstić information content (AvgIpc) is 3.55. The average molecular weight is 584 g/mol. The number of aryl methyl sites for hydroxylation is 2. The number of halogens is 1. The summed E-state index contributed by atoms with van der Waals surface area (Å²) in [6, 6.07) is 13.4. The molecule has 4 heterocycles. The Kier molecular flexibility index (Phi) is 7.04. The fourth-order valence-electron chi connectivity index (χ4n) is 6.84. The zero-order valence-electron chi connectivity index (χ0n) is 24.5. The summed E-state index contributed by atoms with van der Waals surface area (Å²) in [5.74, 6) is 1.29. The van der Waals surface area contributed by atoms with E-state index in [0.29, 0.717) is 17.9 Å². The number of nitrogens with one attached hydrogen (secondary N) is 1. The molecule has 7 rings (SSSR count). The number of benzene rings is 2. The lowest BCUT2D eigenvalue weighted by molar-refractivity contribution is 0.0828. The minimum Gasteiger partial charge on any atom is -0.383 e. The Labute approximate surface area is 251 Å². The van der Waals surface area contributed by atoms with Gasteiger partial charge in [0.25, 0.3) is 0 Å². The van der Waals surface area contributed by atoms with E-state index in [9.17, 15) is 0 Å². The molecule has 0 atom stereocenters. The minimum atomic E-state index is 0.412. The van der Waals surface area contributed by atoms with Gasteiger partial charge in [0.15, 0.2) is 0 Å². The van der Waals surface area contributed by atoms with E-state index in [-0.39, 0.29) is 0 Å². The molecule has 1 saturated carbocycles. The molecule has 9 nitrogen and oxygen atoms in total. The summed E-state index contributed by atoms with van der Waals surface area (Å²) in [4.78, 5) is 19.0. The van der Waals surface area contributed by atoms with Gasteiger partial charge in [-0.3, -0.25) is 4.90 Å². The summed E-state index contributed by atoms with van der Waals surface area (Å²) in [6.07, 6.45) is 8.57. The lowest BCUT2D eigenvalue weighted by atomic mass is 9.89. The number of aromatic nitrogens is 5. The summed E-state index contributed by atoms with van der Waals surface area (Å²) < 4.78 is 4.42. The number of nitrogens with two attached hydrogens (primary N) is 1. The molecule has 42 heavy (non-hydrogen) atoms. The van der Waals surface area contributed by atoms with Crippen LogP contribution in [0.4, 0.5) is 17.5 Å². The molecule has 3 aromatic heterocycles. The maximum atomic E-state index is 6.47. The van der Waals surface area contributed by atoms with Crippen molar-refractivity contribution in [1.29, 1.82) is 0 Å². The Bertz CT molecular complexity index is 1740. The first-order valence-electron chi connectivity index (χ1n) is 14.9. The number of imidazole rings is 1. The lowest BCUT2D eigenvalue weighted by Gasteiger charge is -2.41. The molecule has 0 radical (unpaired) electrons. The van der Waals surface area contributed by atoms with Crippen LogP contribution in [0.3, 0.4) is 0 Å². The molecule has 0 spiro atoms. The zero-order chi connectivity index (χ0) is 29.0. The highest BCUT2D eigenvalue weighted by Crippen LogP contribution is 2.39. The van der Waals surface area contributed by atoms with Gasteiger partial charge in [-0.05, 0) is 75.0 Å². The Morgan fingerprint density at radius 1 is 0.905 bits per heavy atom. The first kappa shape index (κ1) is 27.2. The maximum absolute atomic E-state index is 6.47. The highest BCUT2D eigenvalue weighted by Gasteiger charge is 2.30. The SMILES string of the molecule is Cc1c(Cl)ccc2c1nc(Nc1ccc(-c3cn([C@H]4CC[C@H](N5CCN(C)CC5)CC4)c4ncnc(N)c34)cc1)n2C. The highest BCUT2D eigenvalue weighted by atomic mass is 35.5. The minimum absolute atomic E-state index is 0.412. The molecule has 1 saturated heterocycles. The van der Waals surface area contributed by atoms with Crippen LogP contribution in [0.2, 0.25) is 5.02 Å². The van der Waals surface area contributed by atoms with Gasteiger partial charge >= 0.3 is 0 Å². The molecule has 2 fully saturated rings. The van der Waals surface area contributed by atoms with Crippen molar-refractivity contribution in [3.63, 3.8) is 0 Å². The van der Waals surface area contributed by atoms with Crippen molar-refractivity contribution in [3.8, 4) is 11.1 Å². The molecule has 218 valence electrons. The van der Waals surface area contributed by atoms with Gasteiger partial charge in [0.1, 0.15) is 17.8 Å². The number of rotatable bonds is 5. The maximum Gasteiger partial charge on any atom is 0.208 e. The van der Waals surface area contributed by atoms with Gasteiger partial charge in [-0.15, -0.1) is 0 Å². The molecular weight excluding hydrogens is 546 g/mol.